The van der Waals surface area contributed by atoms with Gasteiger partial charge in [0.25, 0.3) is 5.91 Å². The van der Waals surface area contributed by atoms with Crippen LogP contribution in [0.25, 0.3) is 0 Å². The Balaban J connectivity index is 2.56. The molecule has 0 atom stereocenters. The van der Waals surface area contributed by atoms with E-state index in [1.807, 2.05) is 6.92 Å². The fourth-order valence-corrected chi connectivity index (χ4v) is 1.07. The molecule has 78 valence electrons. The van der Waals surface area contributed by atoms with Crippen molar-refractivity contribution in [1.29, 1.82) is 0 Å². The van der Waals surface area contributed by atoms with Crippen molar-refractivity contribution in [2.75, 3.05) is 26.8 Å². The molecule has 14 heavy (non-hydrogen) atoms. The maximum absolute atomic E-state index is 11.7. The molecule has 6 nitrogen and oxygen atoms in total. The molecule has 6 heteroatoms. The van der Waals surface area contributed by atoms with Crippen LogP contribution in [0.4, 0.5) is 0 Å². The van der Waals surface area contributed by atoms with Gasteiger partial charge in [0.2, 0.25) is 0 Å². The number of amides is 1. The summed E-state index contributed by atoms with van der Waals surface area (Å²) in [6, 6.07) is 0. The number of aromatic nitrogens is 3. The molecule has 0 unspecified atom stereocenters. The molecular weight excluding hydrogens is 184 g/mol. The van der Waals surface area contributed by atoms with E-state index < -0.39 is 0 Å². The fourth-order valence-electron chi connectivity index (χ4n) is 1.07. The van der Waals surface area contributed by atoms with Gasteiger partial charge in [-0.3, -0.25) is 4.79 Å². The van der Waals surface area contributed by atoms with Crippen LogP contribution in [0.3, 0.4) is 0 Å². The molecule has 1 amide bonds. The van der Waals surface area contributed by atoms with Crippen molar-refractivity contribution >= 4 is 5.91 Å². The molecule has 0 aliphatic heterocycles. The van der Waals surface area contributed by atoms with Crippen molar-refractivity contribution in [1.82, 2.24) is 20.3 Å². The van der Waals surface area contributed by atoms with Crippen LogP contribution in [-0.2, 0) is 4.74 Å². The molecule has 0 saturated heterocycles. The number of hydrogen-bond acceptors (Lipinski definition) is 4. The number of methoxy groups -OCH3 is 1. The van der Waals surface area contributed by atoms with Crippen molar-refractivity contribution in [3.63, 3.8) is 0 Å². The Morgan fingerprint density at radius 2 is 2.50 bits per heavy atom. The zero-order chi connectivity index (χ0) is 10.4. The molecular formula is C8H14N4O2. The number of likely N-dealkylation sites (N-methyl/N-ethyl adjacent to an activating group) is 1. The molecule has 1 aromatic rings. The fraction of sp³-hybridized carbons (Fsp3) is 0.625. The largest absolute Gasteiger partial charge is 0.383 e. The lowest BCUT2D eigenvalue weighted by atomic mass is 10.4. The molecule has 1 heterocycles. The van der Waals surface area contributed by atoms with E-state index in [2.05, 4.69) is 15.4 Å². The summed E-state index contributed by atoms with van der Waals surface area (Å²) in [7, 11) is 1.61. The summed E-state index contributed by atoms with van der Waals surface area (Å²) in [4.78, 5) is 13.3. The van der Waals surface area contributed by atoms with Crippen LogP contribution in [0.15, 0.2) is 6.20 Å². The quantitative estimate of drug-likeness (QED) is 0.718. The Bertz CT molecular complexity index is 273. The monoisotopic (exact) mass is 198 g/mol. The lowest BCUT2D eigenvalue weighted by Gasteiger charge is -2.18. The first-order valence-electron chi connectivity index (χ1n) is 4.43. The smallest absolute Gasteiger partial charge is 0.276 e. The Labute approximate surface area is 82.2 Å². The summed E-state index contributed by atoms with van der Waals surface area (Å²) < 4.78 is 4.90. The highest BCUT2D eigenvalue weighted by Crippen LogP contribution is 1.98. The van der Waals surface area contributed by atoms with E-state index in [0.717, 1.165) is 0 Å². The third-order valence-corrected chi connectivity index (χ3v) is 1.87. The van der Waals surface area contributed by atoms with E-state index in [0.29, 0.717) is 25.4 Å². The zero-order valence-corrected chi connectivity index (χ0v) is 8.36. The van der Waals surface area contributed by atoms with Crippen LogP contribution in [0, 0.1) is 0 Å². The van der Waals surface area contributed by atoms with Crippen molar-refractivity contribution < 1.29 is 9.53 Å². The van der Waals surface area contributed by atoms with Gasteiger partial charge in [-0.2, -0.15) is 15.4 Å². The highest BCUT2D eigenvalue weighted by atomic mass is 16.5. The number of nitrogens with zero attached hydrogens (tertiary/aromatic N) is 3. The van der Waals surface area contributed by atoms with Crippen molar-refractivity contribution in [2.45, 2.75) is 6.92 Å². The third kappa shape index (κ3) is 2.53. The Kier molecular flexibility index (Phi) is 4.06. The molecule has 0 fully saturated rings. The van der Waals surface area contributed by atoms with Gasteiger partial charge in [0.15, 0.2) is 5.69 Å². The summed E-state index contributed by atoms with van der Waals surface area (Å²) in [5.74, 6) is -0.127. The van der Waals surface area contributed by atoms with Crippen LogP contribution < -0.4 is 0 Å². The average Bonchev–Trinajstić information content (AvgIpc) is 2.71. The van der Waals surface area contributed by atoms with Gasteiger partial charge >= 0.3 is 0 Å². The summed E-state index contributed by atoms with van der Waals surface area (Å²) in [6.45, 7) is 3.64. The Morgan fingerprint density at radius 1 is 1.71 bits per heavy atom. The highest BCUT2D eigenvalue weighted by Gasteiger charge is 2.15. The Hall–Kier alpha value is -1.43. The predicted octanol–water partition coefficient (Wildman–Crippen LogP) is -0.0868. The van der Waals surface area contributed by atoms with Crippen LogP contribution >= 0.6 is 0 Å². The van der Waals surface area contributed by atoms with Crippen molar-refractivity contribution in [3.05, 3.63) is 11.9 Å². The molecule has 0 saturated carbocycles. The molecule has 0 aliphatic carbocycles. The minimum atomic E-state index is -0.127. The average molecular weight is 198 g/mol. The lowest BCUT2D eigenvalue weighted by molar-refractivity contribution is 0.0700. The van der Waals surface area contributed by atoms with Gasteiger partial charge in [-0.1, -0.05) is 0 Å². The summed E-state index contributed by atoms with van der Waals surface area (Å²) in [5.41, 5.74) is 0.336. The van der Waals surface area contributed by atoms with E-state index in [1.54, 1.807) is 12.0 Å². The standard InChI is InChI=1S/C8H14N4O2/c1-3-12(4-5-14-2)8(13)7-6-9-11-10-7/h6H,3-5H2,1-2H3,(H,9,10,11). The van der Waals surface area contributed by atoms with Gasteiger partial charge in [0.05, 0.1) is 12.8 Å². The molecule has 1 rings (SSSR count). The maximum atomic E-state index is 11.7. The molecule has 1 N–H and O–H groups in total. The van der Waals surface area contributed by atoms with Crippen LogP contribution in [0.1, 0.15) is 17.4 Å². The Morgan fingerprint density at radius 3 is 3.00 bits per heavy atom. The van der Waals surface area contributed by atoms with Crippen LogP contribution in [-0.4, -0.2) is 53.0 Å². The molecule has 1 aromatic heterocycles. The number of rotatable bonds is 5. The second-order valence-electron chi connectivity index (χ2n) is 2.73. The minimum absolute atomic E-state index is 0.127. The minimum Gasteiger partial charge on any atom is -0.383 e. The van der Waals surface area contributed by atoms with Crippen molar-refractivity contribution in [2.24, 2.45) is 0 Å². The molecule has 0 spiro atoms. The first-order valence-corrected chi connectivity index (χ1v) is 4.43. The van der Waals surface area contributed by atoms with E-state index >= 15 is 0 Å². The van der Waals surface area contributed by atoms with Gasteiger partial charge in [-0.25, -0.2) is 0 Å². The zero-order valence-electron chi connectivity index (χ0n) is 8.36. The number of aromatic amines is 1. The van der Waals surface area contributed by atoms with Crippen LogP contribution in [0.5, 0.6) is 0 Å². The number of carbonyl (C=O) groups excluding carboxylic acids is 1. The molecule has 0 aromatic carbocycles. The van der Waals surface area contributed by atoms with E-state index in [4.69, 9.17) is 4.74 Å². The van der Waals surface area contributed by atoms with Gasteiger partial charge in [-0.05, 0) is 6.92 Å². The number of H-pyrrole nitrogens is 1. The lowest BCUT2D eigenvalue weighted by Crippen LogP contribution is -2.33. The predicted molar refractivity (Wildman–Crippen MR) is 49.8 cm³/mol. The third-order valence-electron chi connectivity index (χ3n) is 1.87. The van der Waals surface area contributed by atoms with Crippen molar-refractivity contribution in [3.8, 4) is 0 Å². The topological polar surface area (TPSA) is 71.1 Å². The van der Waals surface area contributed by atoms with Gasteiger partial charge in [0.1, 0.15) is 0 Å². The molecule has 0 aliphatic rings. The second-order valence-corrected chi connectivity index (χ2v) is 2.73. The highest BCUT2D eigenvalue weighted by molar-refractivity contribution is 5.91. The summed E-state index contributed by atoms with van der Waals surface area (Å²) in [6.07, 6.45) is 1.41. The van der Waals surface area contributed by atoms with Gasteiger partial charge < -0.3 is 9.64 Å². The first-order chi connectivity index (χ1) is 6.79. The number of nitrogens with one attached hydrogen (secondary N) is 1. The van der Waals surface area contributed by atoms with Gasteiger partial charge in [0, 0.05) is 20.2 Å². The second kappa shape index (κ2) is 5.33. The van der Waals surface area contributed by atoms with E-state index in [9.17, 15) is 4.79 Å². The number of hydrogen-bond donors (Lipinski definition) is 1. The first kappa shape index (κ1) is 10.6. The number of ether oxygens (including phenoxy) is 1. The van der Waals surface area contributed by atoms with E-state index in [-0.39, 0.29) is 5.91 Å². The normalized spacial score (nSPS) is 10.1. The summed E-state index contributed by atoms with van der Waals surface area (Å²) >= 11 is 0. The number of carbonyl (C=O) groups is 1. The summed E-state index contributed by atoms with van der Waals surface area (Å²) in [5, 5.41) is 9.72. The van der Waals surface area contributed by atoms with Crippen LogP contribution in [0.2, 0.25) is 0 Å². The molecule has 0 bridgehead atoms. The van der Waals surface area contributed by atoms with Gasteiger partial charge in [-0.15, -0.1) is 0 Å². The maximum Gasteiger partial charge on any atom is 0.276 e. The van der Waals surface area contributed by atoms with E-state index in [1.165, 1.54) is 6.20 Å². The SMILES string of the molecule is CCN(CCOC)C(=O)c1cn[nH]n1. The molecule has 0 radical (unpaired) electrons.